The van der Waals surface area contributed by atoms with Crippen LogP contribution in [0.2, 0.25) is 0 Å². The fraction of sp³-hybridized carbons (Fsp3) is 0.833. The first-order chi connectivity index (χ1) is 5.79. The van der Waals surface area contributed by atoms with Crippen LogP contribution in [0.5, 0.6) is 0 Å². The molecular formula is C12H22. The summed E-state index contributed by atoms with van der Waals surface area (Å²) >= 11 is 0. The van der Waals surface area contributed by atoms with E-state index in [2.05, 4.69) is 20.4 Å². The fourth-order valence-corrected chi connectivity index (χ4v) is 2.50. The van der Waals surface area contributed by atoms with Crippen molar-refractivity contribution >= 4 is 0 Å². The predicted molar refractivity (Wildman–Crippen MR) is 55.2 cm³/mol. The lowest BCUT2D eigenvalue weighted by Crippen LogP contribution is -2.20. The zero-order valence-electron chi connectivity index (χ0n) is 8.60. The summed E-state index contributed by atoms with van der Waals surface area (Å²) in [6.45, 7) is 8.76. The molecule has 0 radical (unpaired) electrons. The molecule has 70 valence electrons. The molecule has 1 aliphatic rings. The van der Waals surface area contributed by atoms with E-state index in [1.165, 1.54) is 44.1 Å². The lowest BCUT2D eigenvalue weighted by Gasteiger charge is -2.32. The van der Waals surface area contributed by atoms with E-state index in [4.69, 9.17) is 0 Å². The van der Waals surface area contributed by atoms with Crippen LogP contribution in [0.4, 0.5) is 0 Å². The highest BCUT2D eigenvalue weighted by Gasteiger charge is 2.24. The molecule has 0 spiro atoms. The minimum atomic E-state index is 0.855. The molecule has 0 saturated heterocycles. The van der Waals surface area contributed by atoms with Gasteiger partial charge in [0.2, 0.25) is 0 Å². The number of hydrogen-bond donors (Lipinski definition) is 0. The predicted octanol–water partition coefficient (Wildman–Crippen LogP) is 4.17. The maximum Gasteiger partial charge on any atom is -0.0178 e. The summed E-state index contributed by atoms with van der Waals surface area (Å²) < 4.78 is 0. The molecule has 2 unspecified atom stereocenters. The van der Waals surface area contributed by atoms with Gasteiger partial charge in [-0.1, -0.05) is 45.3 Å². The van der Waals surface area contributed by atoms with Crippen molar-refractivity contribution in [1.29, 1.82) is 0 Å². The summed E-state index contributed by atoms with van der Waals surface area (Å²) in [6, 6.07) is 0. The van der Waals surface area contributed by atoms with Crippen LogP contribution in [-0.4, -0.2) is 0 Å². The SMILES string of the molecule is C=C(CC)C1CCCCC1CC. The van der Waals surface area contributed by atoms with E-state index in [0.29, 0.717) is 0 Å². The zero-order valence-corrected chi connectivity index (χ0v) is 8.60. The monoisotopic (exact) mass is 166 g/mol. The second-order valence-corrected chi connectivity index (χ2v) is 4.07. The van der Waals surface area contributed by atoms with Crippen molar-refractivity contribution in [3.05, 3.63) is 12.2 Å². The second-order valence-electron chi connectivity index (χ2n) is 4.07. The van der Waals surface area contributed by atoms with Crippen molar-refractivity contribution in [2.24, 2.45) is 11.8 Å². The van der Waals surface area contributed by atoms with Crippen LogP contribution in [0.25, 0.3) is 0 Å². The van der Waals surface area contributed by atoms with Gasteiger partial charge in [-0.2, -0.15) is 0 Å². The second kappa shape index (κ2) is 4.69. The molecule has 1 aliphatic carbocycles. The average molecular weight is 166 g/mol. The van der Waals surface area contributed by atoms with Crippen LogP contribution >= 0.6 is 0 Å². The zero-order chi connectivity index (χ0) is 8.97. The third kappa shape index (κ3) is 2.12. The minimum absolute atomic E-state index is 0.855. The molecule has 0 heterocycles. The van der Waals surface area contributed by atoms with Crippen molar-refractivity contribution in [3.8, 4) is 0 Å². The molecule has 0 bridgehead atoms. The Bertz CT molecular complexity index is 146. The van der Waals surface area contributed by atoms with Gasteiger partial charge in [-0.25, -0.2) is 0 Å². The molecule has 1 rings (SSSR count). The van der Waals surface area contributed by atoms with Crippen molar-refractivity contribution in [2.45, 2.75) is 52.4 Å². The van der Waals surface area contributed by atoms with E-state index in [1.54, 1.807) is 0 Å². The average Bonchev–Trinajstić information content (AvgIpc) is 2.16. The molecule has 12 heavy (non-hydrogen) atoms. The Balaban J connectivity index is 2.52. The first-order valence-electron chi connectivity index (χ1n) is 5.47. The van der Waals surface area contributed by atoms with Gasteiger partial charge in [0.25, 0.3) is 0 Å². The van der Waals surface area contributed by atoms with Crippen LogP contribution < -0.4 is 0 Å². The van der Waals surface area contributed by atoms with Gasteiger partial charge >= 0.3 is 0 Å². The normalized spacial score (nSPS) is 30.2. The van der Waals surface area contributed by atoms with Gasteiger partial charge in [0.05, 0.1) is 0 Å². The van der Waals surface area contributed by atoms with Crippen LogP contribution in [-0.2, 0) is 0 Å². The molecule has 0 nitrogen and oxygen atoms in total. The van der Waals surface area contributed by atoms with Gasteiger partial charge in [-0.15, -0.1) is 0 Å². The van der Waals surface area contributed by atoms with Gasteiger partial charge in [-0.3, -0.25) is 0 Å². The van der Waals surface area contributed by atoms with E-state index < -0.39 is 0 Å². The van der Waals surface area contributed by atoms with Crippen molar-refractivity contribution in [3.63, 3.8) is 0 Å². The van der Waals surface area contributed by atoms with Gasteiger partial charge in [-0.05, 0) is 31.1 Å². The molecule has 0 N–H and O–H groups in total. The lowest BCUT2D eigenvalue weighted by molar-refractivity contribution is 0.261. The van der Waals surface area contributed by atoms with Crippen molar-refractivity contribution in [2.75, 3.05) is 0 Å². The highest BCUT2D eigenvalue weighted by Crippen LogP contribution is 2.37. The Morgan fingerprint density at radius 3 is 2.50 bits per heavy atom. The molecule has 0 aromatic rings. The molecule has 0 heteroatoms. The fourth-order valence-electron chi connectivity index (χ4n) is 2.50. The molecule has 2 atom stereocenters. The summed E-state index contributed by atoms with van der Waals surface area (Å²) in [6.07, 6.45) is 8.27. The van der Waals surface area contributed by atoms with Gasteiger partial charge in [0.15, 0.2) is 0 Å². The molecule has 1 saturated carbocycles. The first-order valence-corrected chi connectivity index (χ1v) is 5.47. The summed E-state index contributed by atoms with van der Waals surface area (Å²) in [7, 11) is 0. The van der Waals surface area contributed by atoms with Crippen LogP contribution in [0.3, 0.4) is 0 Å². The Morgan fingerprint density at radius 1 is 1.25 bits per heavy atom. The van der Waals surface area contributed by atoms with Gasteiger partial charge in [0.1, 0.15) is 0 Å². The molecule has 0 amide bonds. The maximum absolute atomic E-state index is 4.20. The largest absolute Gasteiger partial charge is 0.0996 e. The number of hydrogen-bond acceptors (Lipinski definition) is 0. The highest BCUT2D eigenvalue weighted by molar-refractivity contribution is 5.03. The Kier molecular flexibility index (Phi) is 3.84. The van der Waals surface area contributed by atoms with E-state index in [-0.39, 0.29) is 0 Å². The van der Waals surface area contributed by atoms with Gasteiger partial charge < -0.3 is 0 Å². The summed E-state index contributed by atoms with van der Waals surface area (Å²) in [5.74, 6) is 1.81. The molecule has 1 fully saturated rings. The van der Waals surface area contributed by atoms with Crippen molar-refractivity contribution in [1.82, 2.24) is 0 Å². The molecule has 0 aromatic heterocycles. The molecule has 0 aliphatic heterocycles. The Labute approximate surface area is 77.1 Å². The van der Waals surface area contributed by atoms with E-state index >= 15 is 0 Å². The van der Waals surface area contributed by atoms with Crippen LogP contribution in [0, 0.1) is 11.8 Å². The standard InChI is InChI=1S/C12H22/c1-4-10(3)12-9-7-6-8-11(12)5-2/h11-12H,3-9H2,1-2H3. The van der Waals surface area contributed by atoms with Crippen LogP contribution in [0.1, 0.15) is 52.4 Å². The Morgan fingerprint density at radius 2 is 1.92 bits per heavy atom. The topological polar surface area (TPSA) is 0 Å². The molecule has 0 aromatic carbocycles. The maximum atomic E-state index is 4.20. The quantitative estimate of drug-likeness (QED) is 0.552. The summed E-state index contributed by atoms with van der Waals surface area (Å²) in [5, 5.41) is 0. The highest BCUT2D eigenvalue weighted by atomic mass is 14.3. The lowest BCUT2D eigenvalue weighted by atomic mass is 9.74. The third-order valence-electron chi connectivity index (χ3n) is 3.41. The summed E-state index contributed by atoms with van der Waals surface area (Å²) in [5.41, 5.74) is 1.50. The van der Waals surface area contributed by atoms with Gasteiger partial charge in [0, 0.05) is 0 Å². The van der Waals surface area contributed by atoms with Crippen molar-refractivity contribution < 1.29 is 0 Å². The summed E-state index contributed by atoms with van der Waals surface area (Å²) in [4.78, 5) is 0. The third-order valence-corrected chi connectivity index (χ3v) is 3.41. The minimum Gasteiger partial charge on any atom is -0.0996 e. The number of rotatable bonds is 3. The van der Waals surface area contributed by atoms with Crippen LogP contribution in [0.15, 0.2) is 12.2 Å². The van der Waals surface area contributed by atoms with E-state index in [1.807, 2.05) is 0 Å². The Hall–Kier alpha value is -0.260. The van der Waals surface area contributed by atoms with E-state index in [0.717, 1.165) is 11.8 Å². The first kappa shape index (κ1) is 9.83. The number of allylic oxidation sites excluding steroid dienone is 1. The smallest absolute Gasteiger partial charge is 0.0178 e. The molecular weight excluding hydrogens is 144 g/mol. The van der Waals surface area contributed by atoms with E-state index in [9.17, 15) is 0 Å².